The zero-order chi connectivity index (χ0) is 14.7. The average Bonchev–Trinajstić information content (AvgIpc) is 2.44. The van der Waals surface area contributed by atoms with Crippen molar-refractivity contribution in [3.63, 3.8) is 0 Å². The van der Waals surface area contributed by atoms with Gasteiger partial charge in [-0.15, -0.1) is 0 Å². The second kappa shape index (κ2) is 11.4. The standard InChI is InChI=1S/C14H34O2SSi2/c1-6-11-15-18(16-12-7-2)13-14(17)19(8-3,9-4)10-5/h14,17-18H,6-13H2,1-5H3/t14-/m1/s1. The van der Waals surface area contributed by atoms with Crippen LogP contribution in [0.2, 0.25) is 24.2 Å². The Morgan fingerprint density at radius 1 is 0.895 bits per heavy atom. The topological polar surface area (TPSA) is 18.5 Å². The summed E-state index contributed by atoms with van der Waals surface area (Å²) in [5.74, 6) is 0. The van der Waals surface area contributed by atoms with Crippen molar-refractivity contribution in [3.8, 4) is 0 Å². The van der Waals surface area contributed by atoms with Crippen molar-refractivity contribution >= 4 is 30.0 Å². The van der Waals surface area contributed by atoms with Crippen molar-refractivity contribution in [2.45, 2.75) is 76.5 Å². The van der Waals surface area contributed by atoms with Gasteiger partial charge in [-0.2, -0.15) is 12.6 Å². The van der Waals surface area contributed by atoms with Gasteiger partial charge in [0.2, 0.25) is 0 Å². The lowest BCUT2D eigenvalue weighted by molar-refractivity contribution is 0.197. The minimum Gasteiger partial charge on any atom is -0.397 e. The fraction of sp³-hybridized carbons (Fsp3) is 1.00. The van der Waals surface area contributed by atoms with E-state index in [1.54, 1.807) is 0 Å². The molecule has 0 aliphatic heterocycles. The van der Waals surface area contributed by atoms with E-state index in [-0.39, 0.29) is 0 Å². The average molecular weight is 323 g/mol. The van der Waals surface area contributed by atoms with Crippen LogP contribution >= 0.6 is 12.6 Å². The Kier molecular flexibility index (Phi) is 11.8. The Hall–Kier alpha value is 0.704. The summed E-state index contributed by atoms with van der Waals surface area (Å²) in [6.07, 6.45) is 2.16. The van der Waals surface area contributed by atoms with E-state index in [2.05, 4.69) is 34.6 Å². The minimum absolute atomic E-state index is 0.540. The molecule has 1 atom stereocenters. The molecule has 0 aliphatic rings. The van der Waals surface area contributed by atoms with Crippen LogP contribution in [0.15, 0.2) is 0 Å². The predicted octanol–water partition coefficient (Wildman–Crippen LogP) is 4.41. The molecule has 2 nitrogen and oxygen atoms in total. The summed E-state index contributed by atoms with van der Waals surface area (Å²) in [5.41, 5.74) is 0. The SMILES string of the molecule is CCCO[SiH](C[C@H](S)[Si](CC)(CC)CC)OCCC. The monoisotopic (exact) mass is 322 g/mol. The first-order valence-corrected chi connectivity index (χ1v) is 13.0. The Labute approximate surface area is 128 Å². The molecule has 0 aromatic heterocycles. The van der Waals surface area contributed by atoms with E-state index in [1.165, 1.54) is 18.1 Å². The summed E-state index contributed by atoms with van der Waals surface area (Å²) in [5, 5.41) is 0. The molecule has 0 spiro atoms. The van der Waals surface area contributed by atoms with Crippen LogP contribution in [0.4, 0.5) is 0 Å². The summed E-state index contributed by atoms with van der Waals surface area (Å²) < 4.78 is 12.0. The van der Waals surface area contributed by atoms with Crippen LogP contribution in [0.1, 0.15) is 47.5 Å². The summed E-state index contributed by atoms with van der Waals surface area (Å²) in [4.78, 5) is 0.540. The highest BCUT2D eigenvalue weighted by atomic mass is 32.1. The Morgan fingerprint density at radius 2 is 1.32 bits per heavy atom. The lowest BCUT2D eigenvalue weighted by Crippen LogP contribution is -2.45. The van der Waals surface area contributed by atoms with Crippen molar-refractivity contribution in [1.82, 2.24) is 0 Å². The fourth-order valence-electron chi connectivity index (χ4n) is 2.57. The molecular weight excluding hydrogens is 288 g/mol. The van der Waals surface area contributed by atoms with Crippen LogP contribution in [-0.4, -0.2) is 35.4 Å². The third-order valence-electron chi connectivity index (χ3n) is 4.25. The van der Waals surface area contributed by atoms with E-state index in [9.17, 15) is 0 Å². The largest absolute Gasteiger partial charge is 0.397 e. The summed E-state index contributed by atoms with van der Waals surface area (Å²) in [6, 6.07) is 5.08. The van der Waals surface area contributed by atoms with Gasteiger partial charge in [0.05, 0.1) is 8.07 Å². The molecule has 0 heterocycles. The fourth-order valence-corrected chi connectivity index (χ4v) is 12.0. The van der Waals surface area contributed by atoms with Crippen LogP contribution in [0.3, 0.4) is 0 Å². The molecule has 0 aromatic rings. The molecule has 0 aliphatic carbocycles. The number of thiol groups is 1. The van der Waals surface area contributed by atoms with E-state index in [4.69, 9.17) is 21.5 Å². The van der Waals surface area contributed by atoms with Gasteiger partial charge in [-0.25, -0.2) is 0 Å². The zero-order valence-electron chi connectivity index (χ0n) is 13.6. The number of hydrogen-bond acceptors (Lipinski definition) is 3. The highest BCUT2D eigenvalue weighted by molar-refractivity contribution is 7.83. The molecule has 0 radical (unpaired) electrons. The molecule has 5 heteroatoms. The van der Waals surface area contributed by atoms with Gasteiger partial charge in [0.25, 0.3) is 0 Å². The van der Waals surface area contributed by atoms with Crippen molar-refractivity contribution in [1.29, 1.82) is 0 Å². The highest BCUT2D eigenvalue weighted by Crippen LogP contribution is 2.31. The summed E-state index contributed by atoms with van der Waals surface area (Å²) >= 11 is 4.97. The van der Waals surface area contributed by atoms with Crippen molar-refractivity contribution in [2.75, 3.05) is 13.2 Å². The third-order valence-corrected chi connectivity index (χ3v) is 14.9. The van der Waals surface area contributed by atoms with Gasteiger partial charge in [-0.1, -0.05) is 52.8 Å². The van der Waals surface area contributed by atoms with Crippen LogP contribution in [0.5, 0.6) is 0 Å². The molecule has 0 unspecified atom stereocenters. The minimum atomic E-state index is -1.51. The quantitative estimate of drug-likeness (QED) is 0.424. The van der Waals surface area contributed by atoms with Crippen molar-refractivity contribution in [2.24, 2.45) is 0 Å². The first-order chi connectivity index (χ1) is 9.10. The number of rotatable bonds is 12. The van der Waals surface area contributed by atoms with Gasteiger partial charge in [-0.05, 0) is 23.8 Å². The molecule has 0 fully saturated rings. The molecule has 0 saturated carbocycles. The number of hydrogen-bond donors (Lipinski definition) is 1. The van der Waals surface area contributed by atoms with Gasteiger partial charge in [0, 0.05) is 13.2 Å². The molecule has 0 aromatic carbocycles. The maximum Gasteiger partial charge on any atom is 0.322 e. The van der Waals surface area contributed by atoms with Gasteiger partial charge in [0.15, 0.2) is 0 Å². The van der Waals surface area contributed by atoms with Crippen molar-refractivity contribution < 1.29 is 8.85 Å². The Bertz CT molecular complexity index is 197. The maximum atomic E-state index is 5.98. The van der Waals surface area contributed by atoms with Gasteiger partial charge in [0.1, 0.15) is 0 Å². The zero-order valence-corrected chi connectivity index (χ0v) is 16.6. The molecule has 0 saturated heterocycles. The molecule has 0 bridgehead atoms. The van der Waals surface area contributed by atoms with Gasteiger partial charge in [-0.3, -0.25) is 0 Å². The third kappa shape index (κ3) is 6.80. The second-order valence-corrected chi connectivity index (χ2v) is 14.0. The van der Waals surface area contributed by atoms with E-state index in [0.29, 0.717) is 4.87 Å². The van der Waals surface area contributed by atoms with Crippen molar-refractivity contribution in [3.05, 3.63) is 0 Å². The van der Waals surface area contributed by atoms with E-state index < -0.39 is 17.4 Å². The molecular formula is C14H34O2SSi2. The van der Waals surface area contributed by atoms with E-state index in [1.807, 2.05) is 0 Å². The molecule has 19 heavy (non-hydrogen) atoms. The summed E-state index contributed by atoms with van der Waals surface area (Å²) in [6.45, 7) is 13.1. The van der Waals surface area contributed by atoms with E-state index in [0.717, 1.165) is 32.1 Å². The lowest BCUT2D eigenvalue weighted by atomic mass is 10.5. The molecule has 0 amide bonds. The second-order valence-electron chi connectivity index (χ2n) is 5.35. The predicted molar refractivity (Wildman–Crippen MR) is 94.4 cm³/mol. The Morgan fingerprint density at radius 3 is 1.63 bits per heavy atom. The van der Waals surface area contributed by atoms with Gasteiger partial charge >= 0.3 is 9.28 Å². The summed E-state index contributed by atoms with van der Waals surface area (Å²) in [7, 11) is -2.73. The molecule has 0 N–H and O–H groups in total. The smallest absolute Gasteiger partial charge is 0.322 e. The first kappa shape index (κ1) is 19.7. The Balaban J connectivity index is 4.51. The van der Waals surface area contributed by atoms with Crippen LogP contribution in [0.25, 0.3) is 0 Å². The van der Waals surface area contributed by atoms with Crippen LogP contribution in [0, 0.1) is 0 Å². The normalized spacial score (nSPS) is 14.1. The molecule has 0 rings (SSSR count). The van der Waals surface area contributed by atoms with Crippen LogP contribution in [-0.2, 0) is 8.85 Å². The van der Waals surface area contributed by atoms with Gasteiger partial charge < -0.3 is 8.85 Å². The highest BCUT2D eigenvalue weighted by Gasteiger charge is 2.36. The lowest BCUT2D eigenvalue weighted by Gasteiger charge is -2.35. The maximum absolute atomic E-state index is 5.98. The van der Waals surface area contributed by atoms with E-state index >= 15 is 0 Å². The molecule has 116 valence electrons. The first-order valence-electron chi connectivity index (χ1n) is 8.01. The van der Waals surface area contributed by atoms with Crippen LogP contribution < -0.4 is 0 Å².